The first kappa shape index (κ1) is 18.8. The Morgan fingerprint density at radius 2 is 2.11 bits per heavy atom. The molecule has 0 spiro atoms. The van der Waals surface area contributed by atoms with E-state index < -0.39 is 5.56 Å². The predicted molar refractivity (Wildman–Crippen MR) is 106 cm³/mol. The topological polar surface area (TPSA) is 118 Å². The summed E-state index contributed by atoms with van der Waals surface area (Å²) in [4.78, 5) is 24.5. The fraction of sp³-hybridized carbons (Fsp3) is 0.188. The molecular formula is C16H12Cl2N6O3S. The van der Waals surface area contributed by atoms with Crippen molar-refractivity contribution in [2.75, 3.05) is 11.1 Å². The second kappa shape index (κ2) is 7.12. The van der Waals surface area contributed by atoms with Gasteiger partial charge in [-0.1, -0.05) is 35.0 Å². The molecule has 4 rings (SSSR count). The first-order valence-corrected chi connectivity index (χ1v) is 9.70. The molecule has 4 heterocycles. The van der Waals surface area contributed by atoms with Gasteiger partial charge in [-0.25, -0.2) is 5.10 Å². The zero-order valence-electron chi connectivity index (χ0n) is 14.5. The molecule has 0 aliphatic carbocycles. The third-order valence-electron chi connectivity index (χ3n) is 3.98. The number of anilines is 1. The van der Waals surface area contributed by atoms with Crippen LogP contribution in [0.1, 0.15) is 11.5 Å². The number of furan rings is 1. The molecule has 0 fully saturated rings. The average molecular weight is 439 g/mol. The van der Waals surface area contributed by atoms with Gasteiger partial charge in [0.15, 0.2) is 10.8 Å². The Morgan fingerprint density at radius 3 is 2.89 bits per heavy atom. The largest absolute Gasteiger partial charge is 0.444 e. The van der Waals surface area contributed by atoms with Gasteiger partial charge in [0, 0.05) is 6.20 Å². The van der Waals surface area contributed by atoms with E-state index in [1.165, 1.54) is 0 Å². The number of pyridine rings is 1. The Balaban J connectivity index is 1.56. The van der Waals surface area contributed by atoms with Crippen molar-refractivity contribution in [3.8, 4) is 0 Å². The van der Waals surface area contributed by atoms with E-state index in [0.29, 0.717) is 37.7 Å². The molecule has 4 aromatic heterocycles. The summed E-state index contributed by atoms with van der Waals surface area (Å²) in [7, 11) is 0. The summed E-state index contributed by atoms with van der Waals surface area (Å²) < 4.78 is 7.17. The lowest BCUT2D eigenvalue weighted by atomic mass is 10.2. The number of aromatic amines is 1. The highest BCUT2D eigenvalue weighted by Gasteiger charge is 2.19. The van der Waals surface area contributed by atoms with Crippen LogP contribution >= 0.6 is 35.0 Å². The second-order valence-electron chi connectivity index (χ2n) is 5.89. The second-order valence-corrected chi connectivity index (χ2v) is 7.68. The first-order valence-electron chi connectivity index (χ1n) is 7.96. The Morgan fingerprint density at radius 1 is 1.32 bits per heavy atom. The third-order valence-corrected chi connectivity index (χ3v) is 5.41. The van der Waals surface area contributed by atoms with Crippen LogP contribution in [0.15, 0.2) is 26.6 Å². The van der Waals surface area contributed by atoms with Crippen LogP contribution < -0.4 is 10.9 Å². The van der Waals surface area contributed by atoms with Crippen LogP contribution in [0.4, 0.5) is 5.88 Å². The minimum Gasteiger partial charge on any atom is -0.444 e. The molecule has 0 saturated heterocycles. The van der Waals surface area contributed by atoms with Crippen LogP contribution in [0.2, 0.25) is 10.0 Å². The number of rotatable bonds is 4. The van der Waals surface area contributed by atoms with E-state index in [1.54, 1.807) is 30.5 Å². The Bertz CT molecular complexity index is 1300. The molecule has 12 heteroatoms. The Kier molecular flexibility index (Phi) is 4.77. The number of amides is 1. The van der Waals surface area contributed by atoms with Crippen LogP contribution in [0.3, 0.4) is 0 Å². The molecule has 144 valence electrons. The molecule has 0 aromatic carbocycles. The molecule has 0 aliphatic rings. The van der Waals surface area contributed by atoms with Crippen molar-refractivity contribution in [3.05, 3.63) is 44.1 Å². The average Bonchev–Trinajstić information content (AvgIpc) is 3.18. The number of aromatic nitrogens is 5. The number of nitrogens with zero attached hydrogens (tertiary/aromatic N) is 4. The molecule has 2 N–H and O–H groups in total. The van der Waals surface area contributed by atoms with Gasteiger partial charge in [0.1, 0.15) is 11.1 Å². The fourth-order valence-electron chi connectivity index (χ4n) is 2.83. The summed E-state index contributed by atoms with van der Waals surface area (Å²) in [5, 5.41) is 19.0. The van der Waals surface area contributed by atoms with Crippen molar-refractivity contribution in [2.24, 2.45) is 0 Å². The van der Waals surface area contributed by atoms with Gasteiger partial charge in [0.25, 0.3) is 5.56 Å². The molecule has 9 nitrogen and oxygen atoms in total. The van der Waals surface area contributed by atoms with E-state index in [4.69, 9.17) is 27.6 Å². The van der Waals surface area contributed by atoms with Gasteiger partial charge in [0.05, 0.1) is 26.9 Å². The number of aryl methyl sites for hydroxylation is 2. The molecule has 0 radical (unpaired) electrons. The van der Waals surface area contributed by atoms with E-state index in [0.717, 1.165) is 11.8 Å². The van der Waals surface area contributed by atoms with Crippen LogP contribution in [0, 0.1) is 13.8 Å². The summed E-state index contributed by atoms with van der Waals surface area (Å²) in [5.74, 6) is 0.219. The van der Waals surface area contributed by atoms with Crippen molar-refractivity contribution in [1.29, 1.82) is 0 Å². The van der Waals surface area contributed by atoms with Gasteiger partial charge in [0.2, 0.25) is 11.8 Å². The van der Waals surface area contributed by atoms with Crippen molar-refractivity contribution in [2.45, 2.75) is 19.0 Å². The van der Waals surface area contributed by atoms with Crippen molar-refractivity contribution in [1.82, 2.24) is 24.8 Å². The van der Waals surface area contributed by atoms with E-state index in [9.17, 15) is 9.59 Å². The molecule has 0 aliphatic heterocycles. The predicted octanol–water partition coefficient (Wildman–Crippen LogP) is 3.21. The maximum absolute atomic E-state index is 12.4. The van der Waals surface area contributed by atoms with Crippen molar-refractivity contribution < 1.29 is 9.21 Å². The SMILES string of the molecule is Cc1n[nH]c(=O)c2c(NC(=O)CSc3nnc4c(Cl)cc(Cl)cn34)oc(C)c12. The number of thioether (sulfide) groups is 1. The third kappa shape index (κ3) is 3.23. The smallest absolute Gasteiger partial charge is 0.277 e. The molecule has 0 saturated carbocycles. The van der Waals surface area contributed by atoms with Crippen molar-refractivity contribution in [3.63, 3.8) is 0 Å². The van der Waals surface area contributed by atoms with Gasteiger partial charge >= 0.3 is 0 Å². The molecule has 0 unspecified atom stereocenters. The maximum Gasteiger partial charge on any atom is 0.277 e. The highest BCUT2D eigenvalue weighted by Crippen LogP contribution is 2.29. The lowest BCUT2D eigenvalue weighted by molar-refractivity contribution is -0.113. The van der Waals surface area contributed by atoms with Crippen molar-refractivity contribution >= 4 is 63.2 Å². The van der Waals surface area contributed by atoms with E-state index >= 15 is 0 Å². The zero-order chi connectivity index (χ0) is 20.0. The Labute approximate surface area is 171 Å². The van der Waals surface area contributed by atoms with Crippen LogP contribution in [0.25, 0.3) is 16.4 Å². The van der Waals surface area contributed by atoms with Gasteiger partial charge < -0.3 is 4.42 Å². The Hall–Kier alpha value is -2.56. The van der Waals surface area contributed by atoms with E-state index in [-0.39, 0.29) is 22.9 Å². The summed E-state index contributed by atoms with van der Waals surface area (Å²) in [6.07, 6.45) is 1.61. The number of nitrogens with one attached hydrogen (secondary N) is 2. The lowest BCUT2D eigenvalue weighted by Crippen LogP contribution is -2.16. The van der Waals surface area contributed by atoms with Crippen LogP contribution in [0.5, 0.6) is 0 Å². The van der Waals surface area contributed by atoms with Gasteiger partial charge in [-0.05, 0) is 19.9 Å². The number of halogens is 2. The minimum absolute atomic E-state index is 0.00807. The molecule has 4 aromatic rings. The number of hydrogen-bond donors (Lipinski definition) is 2. The normalized spacial score (nSPS) is 11.4. The molecule has 0 bridgehead atoms. The van der Waals surface area contributed by atoms with Gasteiger partial charge in [-0.15, -0.1) is 10.2 Å². The maximum atomic E-state index is 12.4. The van der Waals surface area contributed by atoms with Crippen LogP contribution in [-0.2, 0) is 4.79 Å². The molecule has 0 atom stereocenters. The highest BCUT2D eigenvalue weighted by molar-refractivity contribution is 7.99. The number of fused-ring (bicyclic) bond motifs is 2. The quantitative estimate of drug-likeness (QED) is 0.469. The summed E-state index contributed by atoms with van der Waals surface area (Å²) in [5.41, 5.74) is 0.610. The molecule has 1 amide bonds. The van der Waals surface area contributed by atoms with Gasteiger partial charge in [-0.3, -0.25) is 19.3 Å². The molecule has 28 heavy (non-hydrogen) atoms. The summed E-state index contributed by atoms with van der Waals surface area (Å²) in [6, 6.07) is 1.56. The monoisotopic (exact) mass is 438 g/mol. The van der Waals surface area contributed by atoms with Gasteiger partial charge in [-0.2, -0.15) is 5.10 Å². The number of carbonyl (C=O) groups is 1. The number of carbonyl (C=O) groups excluding carboxylic acids is 1. The lowest BCUT2D eigenvalue weighted by Gasteiger charge is -2.03. The summed E-state index contributed by atoms with van der Waals surface area (Å²) >= 11 is 13.2. The van der Waals surface area contributed by atoms with E-state index in [1.807, 2.05) is 0 Å². The fourth-order valence-corrected chi connectivity index (χ4v) is 4.04. The summed E-state index contributed by atoms with van der Waals surface area (Å²) in [6.45, 7) is 3.45. The highest BCUT2D eigenvalue weighted by atomic mass is 35.5. The standard InChI is InChI=1S/C16H12Cl2N6O3S/c1-6-11-7(2)27-15(12(11)14(26)22-20-6)19-10(25)5-28-16-23-21-13-9(18)3-8(17)4-24(13)16/h3-4H,5H2,1-2H3,(H,19,25)(H,22,26). The van der Waals surface area contributed by atoms with E-state index in [2.05, 4.69) is 25.7 Å². The zero-order valence-corrected chi connectivity index (χ0v) is 16.9. The van der Waals surface area contributed by atoms with Crippen LogP contribution in [-0.4, -0.2) is 36.5 Å². The number of H-pyrrole nitrogens is 1. The minimum atomic E-state index is -0.437. The molecular weight excluding hydrogens is 427 g/mol. The number of hydrogen-bond acceptors (Lipinski definition) is 7. The first-order chi connectivity index (χ1) is 13.3.